The van der Waals surface area contributed by atoms with Crippen molar-refractivity contribution >= 4 is 5.91 Å². The van der Waals surface area contributed by atoms with E-state index >= 15 is 0 Å². The minimum atomic E-state index is -0.185. The number of benzene rings is 1. The molecule has 0 saturated carbocycles. The molecule has 2 rings (SSSR count). The second kappa shape index (κ2) is 7.09. The lowest BCUT2D eigenvalue weighted by Gasteiger charge is -2.20. The van der Waals surface area contributed by atoms with E-state index in [0.717, 1.165) is 23.3 Å². The zero-order valence-corrected chi connectivity index (χ0v) is 12.5. The van der Waals surface area contributed by atoms with E-state index in [9.17, 15) is 9.90 Å². The van der Waals surface area contributed by atoms with Crippen LogP contribution in [0, 0.1) is 6.92 Å². The zero-order valence-electron chi connectivity index (χ0n) is 12.5. The Labute approximate surface area is 125 Å². The monoisotopic (exact) mass is 287 g/mol. The first-order chi connectivity index (χ1) is 10.2. The SMILES string of the molecule is CCc1oc(C(=O)N(CCO)Cc2ccccc2)cc1C. The highest BCUT2D eigenvalue weighted by Crippen LogP contribution is 2.18. The molecule has 0 aliphatic carbocycles. The number of carbonyl (C=O) groups excluding carboxylic acids is 1. The highest BCUT2D eigenvalue weighted by Gasteiger charge is 2.20. The molecule has 0 atom stereocenters. The first-order valence-corrected chi connectivity index (χ1v) is 7.19. The van der Waals surface area contributed by atoms with Gasteiger partial charge in [-0.05, 0) is 24.1 Å². The summed E-state index contributed by atoms with van der Waals surface area (Å²) in [7, 11) is 0. The predicted octanol–water partition coefficient (Wildman–Crippen LogP) is 2.79. The fraction of sp³-hybridized carbons (Fsp3) is 0.353. The van der Waals surface area contributed by atoms with E-state index in [-0.39, 0.29) is 19.1 Å². The molecular weight excluding hydrogens is 266 g/mol. The van der Waals surface area contributed by atoms with Crippen LogP contribution in [0.15, 0.2) is 40.8 Å². The number of rotatable bonds is 6. The minimum Gasteiger partial charge on any atom is -0.456 e. The summed E-state index contributed by atoms with van der Waals surface area (Å²) < 4.78 is 5.62. The van der Waals surface area contributed by atoms with Crippen molar-refractivity contribution in [3.05, 3.63) is 59.0 Å². The minimum absolute atomic E-state index is 0.0705. The first kappa shape index (κ1) is 15.3. The van der Waals surface area contributed by atoms with Crippen molar-refractivity contribution in [2.45, 2.75) is 26.8 Å². The van der Waals surface area contributed by atoms with Crippen molar-refractivity contribution in [3.8, 4) is 0 Å². The molecule has 21 heavy (non-hydrogen) atoms. The van der Waals surface area contributed by atoms with Gasteiger partial charge in [-0.1, -0.05) is 37.3 Å². The summed E-state index contributed by atoms with van der Waals surface area (Å²) in [6, 6.07) is 11.5. The maximum atomic E-state index is 12.5. The number of aliphatic hydroxyl groups is 1. The summed E-state index contributed by atoms with van der Waals surface area (Å²) in [6.07, 6.45) is 0.762. The van der Waals surface area contributed by atoms with Gasteiger partial charge in [-0.15, -0.1) is 0 Å². The zero-order chi connectivity index (χ0) is 15.2. The molecule has 1 heterocycles. The Kier molecular flexibility index (Phi) is 5.17. The summed E-state index contributed by atoms with van der Waals surface area (Å²) in [5, 5.41) is 9.19. The van der Waals surface area contributed by atoms with Gasteiger partial charge in [-0.25, -0.2) is 0 Å². The number of furan rings is 1. The van der Waals surface area contributed by atoms with Crippen LogP contribution in [0.25, 0.3) is 0 Å². The van der Waals surface area contributed by atoms with Crippen molar-refractivity contribution in [1.82, 2.24) is 4.90 Å². The van der Waals surface area contributed by atoms with Crippen LogP contribution in [0.4, 0.5) is 0 Å². The van der Waals surface area contributed by atoms with Gasteiger partial charge in [0.1, 0.15) is 5.76 Å². The fourth-order valence-electron chi connectivity index (χ4n) is 2.31. The Balaban J connectivity index is 2.18. The van der Waals surface area contributed by atoms with Gasteiger partial charge in [0.05, 0.1) is 6.61 Å². The van der Waals surface area contributed by atoms with Crippen molar-refractivity contribution in [2.75, 3.05) is 13.2 Å². The van der Waals surface area contributed by atoms with Crippen molar-refractivity contribution in [3.63, 3.8) is 0 Å². The summed E-state index contributed by atoms with van der Waals surface area (Å²) >= 11 is 0. The molecule has 1 aromatic heterocycles. The normalized spacial score (nSPS) is 10.6. The lowest BCUT2D eigenvalue weighted by atomic mass is 10.2. The maximum absolute atomic E-state index is 12.5. The molecule has 4 heteroatoms. The third-order valence-electron chi connectivity index (χ3n) is 3.43. The number of hydrogen-bond acceptors (Lipinski definition) is 3. The van der Waals surface area contributed by atoms with Crippen molar-refractivity contribution in [1.29, 1.82) is 0 Å². The van der Waals surface area contributed by atoms with E-state index in [1.54, 1.807) is 11.0 Å². The Hall–Kier alpha value is -2.07. The Morgan fingerprint density at radius 2 is 2.00 bits per heavy atom. The van der Waals surface area contributed by atoms with Gasteiger partial charge < -0.3 is 14.4 Å². The average Bonchev–Trinajstić information content (AvgIpc) is 2.88. The predicted molar refractivity (Wildman–Crippen MR) is 81.1 cm³/mol. The van der Waals surface area contributed by atoms with Gasteiger partial charge in [0, 0.05) is 19.5 Å². The van der Waals surface area contributed by atoms with Gasteiger partial charge >= 0.3 is 0 Å². The second-order valence-electron chi connectivity index (χ2n) is 5.01. The van der Waals surface area contributed by atoms with Crippen LogP contribution < -0.4 is 0 Å². The lowest BCUT2D eigenvalue weighted by molar-refractivity contribution is 0.0674. The van der Waals surface area contributed by atoms with E-state index < -0.39 is 0 Å². The molecule has 4 nitrogen and oxygen atoms in total. The van der Waals surface area contributed by atoms with E-state index in [4.69, 9.17) is 4.42 Å². The Bertz CT molecular complexity index is 589. The molecule has 0 saturated heterocycles. The number of nitrogens with zero attached hydrogens (tertiary/aromatic N) is 1. The van der Waals surface area contributed by atoms with Crippen LogP contribution in [0.3, 0.4) is 0 Å². The van der Waals surface area contributed by atoms with Crippen LogP contribution >= 0.6 is 0 Å². The highest BCUT2D eigenvalue weighted by molar-refractivity contribution is 5.91. The lowest BCUT2D eigenvalue weighted by Crippen LogP contribution is -2.32. The number of aliphatic hydroxyl groups excluding tert-OH is 1. The van der Waals surface area contributed by atoms with Gasteiger partial charge in [-0.2, -0.15) is 0 Å². The number of hydrogen-bond donors (Lipinski definition) is 1. The van der Waals surface area contributed by atoms with Gasteiger partial charge in [0.2, 0.25) is 0 Å². The highest BCUT2D eigenvalue weighted by atomic mass is 16.4. The third-order valence-corrected chi connectivity index (χ3v) is 3.43. The van der Waals surface area contributed by atoms with E-state index in [0.29, 0.717) is 12.3 Å². The molecule has 1 amide bonds. The molecular formula is C17H21NO3. The molecule has 1 N–H and O–H groups in total. The van der Waals surface area contributed by atoms with Crippen LogP contribution in [0.1, 0.15) is 34.4 Å². The van der Waals surface area contributed by atoms with Gasteiger partial charge in [-0.3, -0.25) is 4.79 Å². The summed E-state index contributed by atoms with van der Waals surface area (Å²) in [5.41, 5.74) is 2.02. The Morgan fingerprint density at radius 3 is 2.57 bits per heavy atom. The molecule has 0 fully saturated rings. The van der Waals surface area contributed by atoms with Crippen molar-refractivity contribution in [2.24, 2.45) is 0 Å². The van der Waals surface area contributed by atoms with E-state index in [1.165, 1.54) is 0 Å². The van der Waals surface area contributed by atoms with Gasteiger partial charge in [0.25, 0.3) is 5.91 Å². The number of amides is 1. The first-order valence-electron chi connectivity index (χ1n) is 7.19. The fourth-order valence-corrected chi connectivity index (χ4v) is 2.31. The van der Waals surface area contributed by atoms with Gasteiger partial charge in [0.15, 0.2) is 5.76 Å². The second-order valence-corrected chi connectivity index (χ2v) is 5.01. The topological polar surface area (TPSA) is 53.7 Å². The van der Waals surface area contributed by atoms with E-state index in [2.05, 4.69) is 0 Å². The number of aryl methyl sites for hydroxylation is 2. The molecule has 0 aliphatic heterocycles. The summed E-state index contributed by atoms with van der Waals surface area (Å²) in [6.45, 7) is 4.61. The van der Waals surface area contributed by atoms with Crippen molar-refractivity contribution < 1.29 is 14.3 Å². The molecule has 0 unspecified atom stereocenters. The molecule has 2 aromatic rings. The quantitative estimate of drug-likeness (QED) is 0.889. The Morgan fingerprint density at radius 1 is 1.29 bits per heavy atom. The molecule has 0 bridgehead atoms. The molecule has 0 radical (unpaired) electrons. The molecule has 112 valence electrons. The van der Waals surface area contributed by atoms with E-state index in [1.807, 2.05) is 44.2 Å². The molecule has 0 spiro atoms. The smallest absolute Gasteiger partial charge is 0.289 e. The largest absolute Gasteiger partial charge is 0.456 e. The number of carbonyl (C=O) groups is 1. The third kappa shape index (κ3) is 3.73. The summed E-state index contributed by atoms with van der Waals surface area (Å²) in [4.78, 5) is 14.1. The standard InChI is InChI=1S/C17H21NO3/c1-3-15-13(2)11-16(21-15)17(20)18(9-10-19)12-14-7-5-4-6-8-14/h4-8,11,19H,3,9-10,12H2,1-2H3. The maximum Gasteiger partial charge on any atom is 0.289 e. The summed E-state index contributed by atoms with van der Waals surface area (Å²) in [5.74, 6) is 0.992. The van der Waals surface area contributed by atoms with Crippen LogP contribution in [0.5, 0.6) is 0 Å². The van der Waals surface area contributed by atoms with Crippen LogP contribution in [0.2, 0.25) is 0 Å². The molecule has 1 aromatic carbocycles. The van der Waals surface area contributed by atoms with Crippen LogP contribution in [-0.2, 0) is 13.0 Å². The average molecular weight is 287 g/mol. The van der Waals surface area contributed by atoms with Crippen LogP contribution in [-0.4, -0.2) is 29.1 Å². The molecule has 0 aliphatic rings.